The van der Waals surface area contributed by atoms with Crippen LogP contribution < -0.4 is 10.2 Å². The van der Waals surface area contributed by atoms with E-state index in [9.17, 15) is 4.79 Å². The van der Waals surface area contributed by atoms with Gasteiger partial charge in [0.05, 0.1) is 23.6 Å². The Morgan fingerprint density at radius 1 is 1.00 bits per heavy atom. The minimum atomic E-state index is -0.133. The second-order valence-corrected chi connectivity index (χ2v) is 7.40. The summed E-state index contributed by atoms with van der Waals surface area (Å²) in [5.41, 5.74) is 5.47. The van der Waals surface area contributed by atoms with Crippen molar-refractivity contribution in [1.82, 2.24) is 9.88 Å². The molecule has 1 atom stereocenters. The van der Waals surface area contributed by atoms with Gasteiger partial charge in [0.15, 0.2) is 0 Å². The molecule has 0 spiro atoms. The zero-order valence-corrected chi connectivity index (χ0v) is 16.6. The Morgan fingerprint density at radius 3 is 2.50 bits per heavy atom. The van der Waals surface area contributed by atoms with Crippen LogP contribution in [0.5, 0.6) is 0 Å². The van der Waals surface area contributed by atoms with Crippen LogP contribution in [0.2, 0.25) is 0 Å². The molecule has 2 heterocycles. The zero-order chi connectivity index (χ0) is 19.5. The summed E-state index contributed by atoms with van der Waals surface area (Å²) in [6.07, 6.45) is 4.28. The first-order chi connectivity index (χ1) is 13.7. The monoisotopic (exact) mass is 373 g/mol. The van der Waals surface area contributed by atoms with E-state index < -0.39 is 0 Å². The van der Waals surface area contributed by atoms with Gasteiger partial charge in [-0.1, -0.05) is 55.3 Å². The quantitative estimate of drug-likeness (QED) is 0.641. The summed E-state index contributed by atoms with van der Waals surface area (Å²) in [5.74, 6) is 0.0987. The number of nitrogens with one attached hydrogen (secondary N) is 1. The van der Waals surface area contributed by atoms with E-state index in [1.165, 1.54) is 5.56 Å². The minimum absolute atomic E-state index is 0.0987. The van der Waals surface area contributed by atoms with Crippen LogP contribution in [0.1, 0.15) is 42.6 Å². The van der Waals surface area contributed by atoms with E-state index >= 15 is 0 Å². The number of carbonyl (C=O) groups is 1. The SMILES string of the molecule is CCCCNCC(=O)N1c2ccccc2-n2cccc2[C@H]1c1ccc(C)cc1. The molecule has 144 valence electrons. The fourth-order valence-corrected chi connectivity index (χ4v) is 3.91. The summed E-state index contributed by atoms with van der Waals surface area (Å²) >= 11 is 0. The van der Waals surface area contributed by atoms with Crippen LogP contribution >= 0.6 is 0 Å². The third kappa shape index (κ3) is 3.36. The number of rotatable bonds is 6. The van der Waals surface area contributed by atoms with Crippen LogP contribution in [-0.2, 0) is 4.79 Å². The van der Waals surface area contributed by atoms with Crippen molar-refractivity contribution >= 4 is 11.6 Å². The number of amides is 1. The fourth-order valence-electron chi connectivity index (χ4n) is 3.91. The van der Waals surface area contributed by atoms with Crippen molar-refractivity contribution in [2.75, 3.05) is 18.0 Å². The maximum absolute atomic E-state index is 13.4. The molecule has 4 heteroatoms. The van der Waals surface area contributed by atoms with Gasteiger partial charge in [0.2, 0.25) is 5.91 Å². The number of aromatic nitrogens is 1. The Balaban J connectivity index is 1.77. The molecule has 0 saturated carbocycles. The average Bonchev–Trinajstić information content (AvgIpc) is 3.21. The van der Waals surface area contributed by atoms with Crippen molar-refractivity contribution in [3.63, 3.8) is 0 Å². The van der Waals surface area contributed by atoms with Gasteiger partial charge in [-0.25, -0.2) is 0 Å². The highest BCUT2D eigenvalue weighted by Crippen LogP contribution is 2.42. The van der Waals surface area contributed by atoms with E-state index in [2.05, 4.69) is 72.4 Å². The lowest BCUT2D eigenvalue weighted by molar-refractivity contribution is -0.118. The molecule has 1 aliphatic heterocycles. The first-order valence-electron chi connectivity index (χ1n) is 10.1. The number of benzene rings is 2. The molecule has 0 saturated heterocycles. The van der Waals surface area contributed by atoms with Gasteiger partial charge in [0.25, 0.3) is 0 Å². The Labute approximate surface area is 166 Å². The summed E-state index contributed by atoms with van der Waals surface area (Å²) in [6.45, 7) is 5.45. The molecule has 1 aliphatic rings. The highest BCUT2D eigenvalue weighted by atomic mass is 16.2. The third-order valence-electron chi connectivity index (χ3n) is 5.36. The maximum atomic E-state index is 13.4. The van der Waals surface area contributed by atoms with Crippen molar-refractivity contribution in [2.45, 2.75) is 32.7 Å². The number of fused-ring (bicyclic) bond motifs is 3. The molecule has 0 bridgehead atoms. The van der Waals surface area contributed by atoms with Crippen molar-refractivity contribution in [3.05, 3.63) is 83.7 Å². The first kappa shape index (κ1) is 18.5. The van der Waals surface area contributed by atoms with Gasteiger partial charge in [-0.2, -0.15) is 0 Å². The van der Waals surface area contributed by atoms with Gasteiger partial charge < -0.3 is 9.88 Å². The fraction of sp³-hybridized carbons (Fsp3) is 0.292. The maximum Gasteiger partial charge on any atom is 0.241 e. The number of nitrogens with zero attached hydrogens (tertiary/aromatic N) is 2. The number of carbonyl (C=O) groups excluding carboxylic acids is 1. The second-order valence-electron chi connectivity index (χ2n) is 7.40. The van der Waals surface area contributed by atoms with E-state index in [1.807, 2.05) is 23.1 Å². The number of hydrogen-bond acceptors (Lipinski definition) is 2. The largest absolute Gasteiger partial charge is 0.316 e. The van der Waals surface area contributed by atoms with Gasteiger partial charge in [0.1, 0.15) is 6.04 Å². The van der Waals surface area contributed by atoms with Crippen LogP contribution in [-0.4, -0.2) is 23.6 Å². The van der Waals surface area contributed by atoms with Crippen LogP contribution in [0.25, 0.3) is 5.69 Å². The Bertz CT molecular complexity index is 958. The minimum Gasteiger partial charge on any atom is -0.316 e. The number of para-hydroxylation sites is 2. The van der Waals surface area contributed by atoms with Crippen molar-refractivity contribution < 1.29 is 4.79 Å². The molecule has 4 rings (SSSR count). The molecule has 4 nitrogen and oxygen atoms in total. The van der Waals surface area contributed by atoms with Crippen LogP contribution in [0.3, 0.4) is 0 Å². The molecule has 0 fully saturated rings. The smallest absolute Gasteiger partial charge is 0.241 e. The zero-order valence-electron chi connectivity index (χ0n) is 16.6. The van der Waals surface area contributed by atoms with Gasteiger partial charge in [-0.15, -0.1) is 0 Å². The Hall–Kier alpha value is -2.85. The summed E-state index contributed by atoms with van der Waals surface area (Å²) in [7, 11) is 0. The molecule has 28 heavy (non-hydrogen) atoms. The summed E-state index contributed by atoms with van der Waals surface area (Å²) in [6, 6.07) is 20.7. The van der Waals surface area contributed by atoms with E-state index in [1.54, 1.807) is 0 Å². The molecule has 0 unspecified atom stereocenters. The Morgan fingerprint density at radius 2 is 1.75 bits per heavy atom. The highest BCUT2D eigenvalue weighted by Gasteiger charge is 2.35. The van der Waals surface area contributed by atoms with Gasteiger partial charge in [0, 0.05) is 6.20 Å². The van der Waals surface area contributed by atoms with Crippen molar-refractivity contribution in [1.29, 1.82) is 0 Å². The molecule has 1 amide bonds. The average molecular weight is 374 g/mol. The number of unbranched alkanes of at least 4 members (excludes halogenated alkanes) is 1. The van der Waals surface area contributed by atoms with Gasteiger partial charge >= 0.3 is 0 Å². The molecular weight excluding hydrogens is 346 g/mol. The molecule has 1 aromatic heterocycles. The first-order valence-corrected chi connectivity index (χ1v) is 10.1. The predicted octanol–water partition coefficient (Wildman–Crippen LogP) is 4.61. The van der Waals surface area contributed by atoms with E-state index in [0.29, 0.717) is 6.54 Å². The number of aryl methyl sites for hydroxylation is 1. The van der Waals surface area contributed by atoms with Crippen molar-refractivity contribution in [3.8, 4) is 5.69 Å². The number of anilines is 1. The van der Waals surface area contributed by atoms with E-state index in [0.717, 1.165) is 42.0 Å². The summed E-state index contributed by atoms with van der Waals surface area (Å²) in [4.78, 5) is 15.3. The molecule has 0 aliphatic carbocycles. The Kier molecular flexibility index (Phi) is 5.31. The predicted molar refractivity (Wildman–Crippen MR) is 114 cm³/mol. The molecule has 1 N–H and O–H groups in total. The molecule has 2 aromatic carbocycles. The standard InChI is InChI=1S/C24H27N3O/c1-3-4-15-25-17-23(28)27-21-9-6-5-8-20(21)26-16-7-10-22(26)24(27)19-13-11-18(2)12-14-19/h5-14,16,24-25H,3-4,15,17H2,1-2H3/t24-/m1/s1. The molecular formula is C24H27N3O. The summed E-state index contributed by atoms with van der Waals surface area (Å²) in [5, 5.41) is 3.32. The lowest BCUT2D eigenvalue weighted by atomic mass is 9.97. The van der Waals surface area contributed by atoms with Crippen LogP contribution in [0, 0.1) is 6.92 Å². The van der Waals surface area contributed by atoms with E-state index in [-0.39, 0.29) is 11.9 Å². The topological polar surface area (TPSA) is 37.3 Å². The van der Waals surface area contributed by atoms with Gasteiger partial charge in [-0.3, -0.25) is 9.69 Å². The van der Waals surface area contributed by atoms with Gasteiger partial charge in [-0.05, 0) is 49.7 Å². The van der Waals surface area contributed by atoms with Crippen molar-refractivity contribution in [2.24, 2.45) is 0 Å². The van der Waals surface area contributed by atoms with E-state index in [4.69, 9.17) is 0 Å². The highest BCUT2D eigenvalue weighted by molar-refractivity contribution is 5.99. The van der Waals surface area contributed by atoms with Crippen LogP contribution in [0.15, 0.2) is 66.9 Å². The van der Waals surface area contributed by atoms with Crippen LogP contribution in [0.4, 0.5) is 5.69 Å². The lowest BCUT2D eigenvalue weighted by Gasteiger charge is -2.38. The second kappa shape index (κ2) is 8.03. The third-order valence-corrected chi connectivity index (χ3v) is 5.36. The molecule has 0 radical (unpaired) electrons. The number of hydrogen-bond donors (Lipinski definition) is 1. The normalized spacial score (nSPS) is 15.2. The molecule has 3 aromatic rings. The summed E-state index contributed by atoms with van der Waals surface area (Å²) < 4.78 is 2.20. The lowest BCUT2D eigenvalue weighted by Crippen LogP contribution is -2.44.